The molecule has 12 fully saturated rings. The van der Waals surface area contributed by atoms with Gasteiger partial charge in [0, 0.05) is 25.2 Å². The van der Waals surface area contributed by atoms with E-state index in [4.69, 9.17) is 9.47 Å². The second-order valence-corrected chi connectivity index (χ2v) is 35.1. The van der Waals surface area contributed by atoms with E-state index in [0.717, 1.165) is 116 Å². The molecule has 32 atom stereocenters. The van der Waals surface area contributed by atoms with Crippen LogP contribution in [0.15, 0.2) is 0 Å². The lowest BCUT2D eigenvalue weighted by molar-refractivity contribution is -0.218. The zero-order valence-electron chi connectivity index (χ0n) is 55.6. The van der Waals surface area contributed by atoms with Crippen molar-refractivity contribution in [1.29, 1.82) is 0 Å². The van der Waals surface area contributed by atoms with Crippen molar-refractivity contribution in [3.63, 3.8) is 0 Å². The summed E-state index contributed by atoms with van der Waals surface area (Å²) in [6.07, 6.45) is 18.4. The molecule has 0 radical (unpaired) electrons. The maximum Gasteiger partial charge on any atom is 0.325 e. The topological polar surface area (TPSA) is 240 Å². The van der Waals surface area contributed by atoms with E-state index in [1.165, 1.54) is 0 Å². The van der Waals surface area contributed by atoms with Crippen LogP contribution < -0.4 is 5.32 Å². The van der Waals surface area contributed by atoms with E-state index in [2.05, 4.69) is 67.6 Å². The first-order valence-electron chi connectivity index (χ1n) is 36.5. The average Bonchev–Trinajstić information content (AvgIpc) is 2.51. The lowest BCUT2D eigenvalue weighted by atomic mass is 9.43. The Hall–Kier alpha value is -2.36. The minimum atomic E-state index is -0.813. The third kappa shape index (κ3) is 10.9. The molecule has 8 unspecified atom stereocenters. The van der Waals surface area contributed by atoms with Gasteiger partial charge in [-0.1, -0.05) is 62.3 Å². The predicted molar refractivity (Wildman–Crippen MR) is 334 cm³/mol. The van der Waals surface area contributed by atoms with Crippen LogP contribution in [0.3, 0.4) is 0 Å². The summed E-state index contributed by atoms with van der Waals surface area (Å²) in [5, 5.41) is 82.1. The second kappa shape index (κ2) is 24.4. The fraction of sp³-hybridized carbons (Fsp3) is 0.946. The standard InChI is InChI=1S/C74H119NO13/c1-39(48-13-16-51-66-52(25-29-72(48,51)7)69(4)26-22-45(76)30-42(69)33-57(66)78)12-21-64(85)87-47-24-28-71(6)44(32-47)35-59(68-54-18-15-50(41(3)11-20-63(83)84)74(54,9)61(81)37-56(68)71)88-65(86)38-75-62(82)19-10-40(2)49-14-17-53-67-55(36-60(80)73(49,53)8)70(5)27-23-46(77)31-43(70)34-58(67)79/h39-61,66-68,76-81H,10-38H2,1-9H3,(H,75,82)(H,83,84)/t39-,40-,41-,42?,43?,44+,45-,46-,47-,48-,49-,50-,51?,52?,53?,54+,55?,56+,57-,58-,59-,60+,61+,66?,67?,68+,69+,70+,71+,72-,73-,74-/m1/s1. The number of nitrogens with one attached hydrogen (secondary N) is 1. The number of hydrogen-bond acceptors (Lipinski definition) is 12. The SMILES string of the molecule is C[C@H](CCC(=O)NCC(=O)O[C@@H]1C[C@@H]2C[C@H](OC(=O)CC[C@@H](C)[C@H]3CCC4C5C(CC[C@@]43C)[C@@]3(C)CC[C@@H](O)CC3C[C@H]5O)CC[C@]2(C)[C@H]2C[C@H](O)[C@]3(C)[C@@H]([C@H](C)CCC(=O)O)CC[C@H]3[C@H]12)[C@H]1CCC2C3C(C[C@H](O)[C@@]21C)[C@@]1(C)CC[C@@H](O)CC1C[C@H]3O. The first-order valence-corrected chi connectivity index (χ1v) is 36.5. The normalized spacial score (nSPS) is 51.8. The van der Waals surface area contributed by atoms with E-state index in [1.54, 1.807) is 0 Å². The van der Waals surface area contributed by atoms with Crippen molar-refractivity contribution in [2.45, 2.75) is 291 Å². The highest BCUT2D eigenvalue weighted by Crippen LogP contribution is 2.72. The van der Waals surface area contributed by atoms with Crippen LogP contribution in [0, 0.1) is 139 Å². The first-order chi connectivity index (χ1) is 41.6. The molecule has 12 saturated carbocycles. The zero-order valence-corrected chi connectivity index (χ0v) is 55.6. The van der Waals surface area contributed by atoms with Crippen LogP contribution in [-0.4, -0.2) is 115 Å². The van der Waals surface area contributed by atoms with Gasteiger partial charge in [-0.05, 0) is 294 Å². The van der Waals surface area contributed by atoms with Gasteiger partial charge in [0.25, 0.3) is 0 Å². The molecule has 0 spiro atoms. The van der Waals surface area contributed by atoms with Gasteiger partial charge in [-0.25, -0.2) is 0 Å². The maximum atomic E-state index is 14.3. The van der Waals surface area contributed by atoms with Gasteiger partial charge in [0.1, 0.15) is 18.8 Å². The Morgan fingerprint density at radius 2 is 0.898 bits per heavy atom. The number of fused-ring (bicyclic) bond motifs is 15. The number of aliphatic hydroxyl groups excluding tert-OH is 6. The second-order valence-electron chi connectivity index (χ2n) is 35.1. The van der Waals surface area contributed by atoms with Crippen LogP contribution >= 0.6 is 0 Å². The molecule has 14 heteroatoms. The first kappa shape index (κ1) is 65.7. The van der Waals surface area contributed by atoms with Gasteiger partial charge < -0.3 is 50.5 Å². The Morgan fingerprint density at radius 3 is 1.49 bits per heavy atom. The summed E-state index contributed by atoms with van der Waals surface area (Å²) in [6, 6.07) is 0. The van der Waals surface area contributed by atoms with E-state index in [1.807, 2.05) is 0 Å². The van der Waals surface area contributed by atoms with Crippen LogP contribution in [0.4, 0.5) is 0 Å². The van der Waals surface area contributed by atoms with E-state index in [9.17, 15) is 54.9 Å². The molecule has 0 heterocycles. The van der Waals surface area contributed by atoms with Crippen molar-refractivity contribution in [2.75, 3.05) is 6.54 Å². The highest BCUT2D eigenvalue weighted by Gasteiger charge is 2.69. The number of carboxylic acids is 1. The number of ether oxygens (including phenoxy) is 2. The summed E-state index contributed by atoms with van der Waals surface area (Å²) in [7, 11) is 0. The summed E-state index contributed by atoms with van der Waals surface area (Å²) < 4.78 is 13.2. The summed E-state index contributed by atoms with van der Waals surface area (Å²) in [4.78, 5) is 54.0. The number of hydrogen-bond donors (Lipinski definition) is 8. The number of rotatable bonds is 16. The van der Waals surface area contributed by atoms with Crippen LogP contribution in [0.5, 0.6) is 0 Å². The molecule has 0 aromatic carbocycles. The molecule has 14 nitrogen and oxygen atoms in total. The Labute approximate surface area is 527 Å². The van der Waals surface area contributed by atoms with Gasteiger partial charge in [0.15, 0.2) is 0 Å². The summed E-state index contributed by atoms with van der Waals surface area (Å²) in [6.45, 7) is 20.6. The van der Waals surface area contributed by atoms with Gasteiger partial charge in [-0.3, -0.25) is 19.2 Å². The zero-order chi connectivity index (χ0) is 62.9. The predicted octanol–water partition coefficient (Wildman–Crippen LogP) is 11.5. The van der Waals surface area contributed by atoms with E-state index in [0.29, 0.717) is 86.9 Å². The minimum Gasteiger partial charge on any atom is -0.481 e. The molecule has 12 aliphatic carbocycles. The summed E-state index contributed by atoms with van der Waals surface area (Å²) >= 11 is 0. The molecule has 8 N–H and O–H groups in total. The van der Waals surface area contributed by atoms with Crippen molar-refractivity contribution in [3.05, 3.63) is 0 Å². The summed E-state index contributed by atoms with van der Waals surface area (Å²) in [5.41, 5.74) is -0.745. The lowest BCUT2D eigenvalue weighted by Crippen LogP contribution is -2.63. The van der Waals surface area contributed by atoms with Crippen LogP contribution in [0.1, 0.15) is 242 Å². The van der Waals surface area contributed by atoms with Gasteiger partial charge >= 0.3 is 17.9 Å². The number of carboxylic acid groups (broad SMARTS) is 1. The Morgan fingerprint density at radius 1 is 0.443 bits per heavy atom. The van der Waals surface area contributed by atoms with Crippen molar-refractivity contribution in [2.24, 2.45) is 139 Å². The van der Waals surface area contributed by atoms with Crippen molar-refractivity contribution < 1.29 is 64.4 Å². The third-order valence-corrected chi connectivity index (χ3v) is 31.9. The van der Waals surface area contributed by atoms with Crippen molar-refractivity contribution in [1.82, 2.24) is 5.32 Å². The molecule has 1 amide bonds. The number of amides is 1. The molecule has 12 aliphatic rings. The molecule has 498 valence electrons. The number of aliphatic carboxylic acids is 1. The van der Waals surface area contributed by atoms with Gasteiger partial charge in [0.05, 0.1) is 36.6 Å². The van der Waals surface area contributed by atoms with E-state index in [-0.39, 0.29) is 154 Å². The Kier molecular flexibility index (Phi) is 18.2. The molecule has 0 aromatic rings. The molecule has 88 heavy (non-hydrogen) atoms. The van der Waals surface area contributed by atoms with E-state index >= 15 is 0 Å². The third-order valence-electron chi connectivity index (χ3n) is 31.9. The number of esters is 2. The smallest absolute Gasteiger partial charge is 0.325 e. The Balaban J connectivity index is 0.675. The van der Waals surface area contributed by atoms with Gasteiger partial charge in [-0.15, -0.1) is 0 Å². The quantitative estimate of drug-likeness (QED) is 0.0672. The molecular formula is C74H119NO13. The van der Waals surface area contributed by atoms with Crippen LogP contribution in [0.2, 0.25) is 0 Å². The van der Waals surface area contributed by atoms with Gasteiger partial charge in [0.2, 0.25) is 5.91 Å². The molecule has 0 aliphatic heterocycles. The fourth-order valence-corrected chi connectivity index (χ4v) is 27.0. The maximum absolute atomic E-state index is 14.3. The lowest BCUT2D eigenvalue weighted by Gasteiger charge is -2.64. The molecular weight excluding hydrogens is 1110 g/mol. The Bertz CT molecular complexity index is 2560. The molecule has 0 saturated heterocycles. The highest BCUT2D eigenvalue weighted by atomic mass is 16.5. The fourth-order valence-electron chi connectivity index (χ4n) is 27.0. The molecule has 12 rings (SSSR count). The molecule has 0 bridgehead atoms. The largest absolute Gasteiger partial charge is 0.481 e. The van der Waals surface area contributed by atoms with Crippen LogP contribution in [0.25, 0.3) is 0 Å². The van der Waals surface area contributed by atoms with E-state index < -0.39 is 41.8 Å². The molecule has 0 aromatic heterocycles. The van der Waals surface area contributed by atoms with Crippen LogP contribution in [-0.2, 0) is 28.7 Å². The monoisotopic (exact) mass is 1230 g/mol. The van der Waals surface area contributed by atoms with Gasteiger partial charge in [-0.2, -0.15) is 0 Å². The van der Waals surface area contributed by atoms with Crippen molar-refractivity contribution in [3.8, 4) is 0 Å². The highest BCUT2D eigenvalue weighted by molar-refractivity contribution is 5.82. The van der Waals surface area contributed by atoms with Crippen molar-refractivity contribution >= 4 is 23.8 Å². The number of carbonyl (C=O) groups is 4. The minimum absolute atomic E-state index is 0.00110. The summed E-state index contributed by atoms with van der Waals surface area (Å²) in [5.74, 6) is 2.31. The number of aliphatic hydroxyl groups is 6. The average molecular weight is 1230 g/mol. The number of carbonyl (C=O) groups excluding carboxylic acids is 3.